The highest BCUT2D eigenvalue weighted by Gasteiger charge is 2.41. The number of amides is 2. The van der Waals surface area contributed by atoms with Gasteiger partial charge in [-0.05, 0) is 82.2 Å². The number of piperidine rings is 2. The fourth-order valence-electron chi connectivity index (χ4n) is 6.35. The number of nitrogens with zero attached hydrogens (tertiary/aromatic N) is 3. The fraction of sp³-hybridized carbons (Fsp3) is 0.621. The van der Waals surface area contributed by atoms with Crippen molar-refractivity contribution < 1.29 is 14.3 Å². The lowest BCUT2D eigenvalue weighted by Gasteiger charge is -2.41. The maximum absolute atomic E-state index is 13.3. The molecule has 8 nitrogen and oxygen atoms in total. The van der Waals surface area contributed by atoms with E-state index in [0.29, 0.717) is 25.6 Å². The average Bonchev–Trinajstić information content (AvgIpc) is 3.35. The molecule has 0 saturated carbocycles. The molecule has 0 atom stereocenters. The van der Waals surface area contributed by atoms with E-state index in [0.717, 1.165) is 83.3 Å². The molecule has 3 aliphatic rings. The minimum absolute atomic E-state index is 0.159. The van der Waals surface area contributed by atoms with E-state index in [1.54, 1.807) is 0 Å². The van der Waals surface area contributed by atoms with Gasteiger partial charge in [0.1, 0.15) is 12.4 Å². The Morgan fingerprint density at radius 1 is 1.11 bits per heavy atom. The number of benzene rings is 1. The molecule has 2 aromatic rings. The zero-order valence-electron chi connectivity index (χ0n) is 22.1. The molecule has 4 heterocycles. The average molecular weight is 508 g/mol. The van der Waals surface area contributed by atoms with Gasteiger partial charge in [-0.3, -0.25) is 19.6 Å². The Kier molecular flexibility index (Phi) is 8.13. The maximum Gasteiger partial charge on any atom is 0.236 e. The Hall–Kier alpha value is -2.87. The van der Waals surface area contributed by atoms with E-state index in [1.165, 1.54) is 16.8 Å². The van der Waals surface area contributed by atoms with Crippen LogP contribution >= 0.6 is 0 Å². The zero-order valence-corrected chi connectivity index (χ0v) is 22.1. The van der Waals surface area contributed by atoms with E-state index in [2.05, 4.69) is 39.5 Å². The molecule has 1 spiro atoms. The van der Waals surface area contributed by atoms with Crippen LogP contribution in [-0.4, -0.2) is 77.7 Å². The van der Waals surface area contributed by atoms with Crippen LogP contribution in [0.5, 0.6) is 5.75 Å². The van der Waals surface area contributed by atoms with Gasteiger partial charge in [-0.1, -0.05) is 24.6 Å². The van der Waals surface area contributed by atoms with Crippen molar-refractivity contribution in [3.8, 4) is 5.75 Å². The number of carbonyl (C=O) groups excluding carboxylic acids is 2. The number of aromatic nitrogens is 2. The summed E-state index contributed by atoms with van der Waals surface area (Å²) in [5.41, 5.74) is 3.35. The number of aromatic amines is 1. The second-order valence-electron chi connectivity index (χ2n) is 11.1. The van der Waals surface area contributed by atoms with E-state index >= 15 is 0 Å². The van der Waals surface area contributed by atoms with Crippen LogP contribution in [0.15, 0.2) is 30.5 Å². The molecule has 2 fully saturated rings. The molecule has 2 N–H and O–H groups in total. The third-order valence-corrected chi connectivity index (χ3v) is 8.75. The van der Waals surface area contributed by atoms with Crippen LogP contribution in [0.2, 0.25) is 0 Å². The Morgan fingerprint density at radius 2 is 1.89 bits per heavy atom. The Morgan fingerprint density at radius 3 is 2.65 bits per heavy atom. The predicted molar refractivity (Wildman–Crippen MR) is 142 cm³/mol. The molecule has 0 bridgehead atoms. The van der Waals surface area contributed by atoms with Gasteiger partial charge in [0.05, 0.1) is 24.7 Å². The summed E-state index contributed by atoms with van der Waals surface area (Å²) in [5.74, 6) is 1.77. The van der Waals surface area contributed by atoms with E-state index in [4.69, 9.17) is 4.74 Å². The normalized spacial score (nSPS) is 21.9. The Bertz CT molecular complexity index is 1070. The van der Waals surface area contributed by atoms with Gasteiger partial charge in [0, 0.05) is 24.7 Å². The minimum Gasteiger partial charge on any atom is -0.491 e. The number of hydrogen-bond donors (Lipinski definition) is 2. The van der Waals surface area contributed by atoms with Crippen LogP contribution in [0.25, 0.3) is 0 Å². The number of rotatable bonds is 3. The van der Waals surface area contributed by atoms with Crippen molar-refractivity contribution >= 4 is 11.8 Å². The SMILES string of the molecule is Cc1cn[nH]c1C1CCN(C(=O)CN2CCC3(CCCCc4ccccc4OCCNC3=O)CC2)CC1. The summed E-state index contributed by atoms with van der Waals surface area (Å²) < 4.78 is 5.97. The molecule has 0 aliphatic carbocycles. The lowest BCUT2D eigenvalue weighted by molar-refractivity contribution is -0.137. The molecule has 1 aromatic carbocycles. The molecule has 2 amide bonds. The third kappa shape index (κ3) is 6.00. The first-order chi connectivity index (χ1) is 18.0. The van der Waals surface area contributed by atoms with E-state index in [1.807, 2.05) is 23.2 Å². The van der Waals surface area contributed by atoms with Gasteiger partial charge in [-0.2, -0.15) is 5.10 Å². The summed E-state index contributed by atoms with van der Waals surface area (Å²) in [6.07, 6.45) is 9.41. The molecule has 3 aliphatic heterocycles. The molecule has 0 unspecified atom stereocenters. The number of aryl methyl sites for hydroxylation is 2. The molecule has 37 heavy (non-hydrogen) atoms. The van der Waals surface area contributed by atoms with Crippen LogP contribution in [0.1, 0.15) is 67.7 Å². The summed E-state index contributed by atoms with van der Waals surface area (Å²) in [7, 11) is 0. The molecule has 200 valence electrons. The van der Waals surface area contributed by atoms with Crippen molar-refractivity contribution in [2.45, 2.75) is 64.2 Å². The number of H-pyrrole nitrogens is 1. The summed E-state index contributed by atoms with van der Waals surface area (Å²) in [6, 6.07) is 8.23. The molecule has 2 saturated heterocycles. The number of nitrogens with one attached hydrogen (secondary N) is 2. The molecule has 5 rings (SSSR count). The Labute approximate surface area is 220 Å². The van der Waals surface area contributed by atoms with Gasteiger partial charge < -0.3 is 15.0 Å². The predicted octanol–water partition coefficient (Wildman–Crippen LogP) is 3.43. The number of hydrogen-bond acceptors (Lipinski definition) is 5. The number of carbonyl (C=O) groups is 2. The van der Waals surface area contributed by atoms with Crippen molar-refractivity contribution in [2.24, 2.45) is 5.41 Å². The van der Waals surface area contributed by atoms with Crippen molar-refractivity contribution in [3.05, 3.63) is 47.3 Å². The summed E-state index contributed by atoms with van der Waals surface area (Å²) in [4.78, 5) is 30.7. The summed E-state index contributed by atoms with van der Waals surface area (Å²) in [5, 5.41) is 10.5. The van der Waals surface area contributed by atoms with Gasteiger partial charge in [0.2, 0.25) is 11.8 Å². The van der Waals surface area contributed by atoms with Crippen LogP contribution in [0.4, 0.5) is 0 Å². The van der Waals surface area contributed by atoms with Crippen molar-refractivity contribution in [1.82, 2.24) is 25.3 Å². The van der Waals surface area contributed by atoms with Gasteiger partial charge in [0.15, 0.2) is 0 Å². The van der Waals surface area contributed by atoms with Crippen LogP contribution < -0.4 is 10.1 Å². The minimum atomic E-state index is -0.335. The second-order valence-corrected chi connectivity index (χ2v) is 11.1. The second kappa shape index (κ2) is 11.7. The highest BCUT2D eigenvalue weighted by molar-refractivity contribution is 5.83. The topological polar surface area (TPSA) is 90.6 Å². The zero-order chi connectivity index (χ0) is 25.7. The molecule has 8 heteroatoms. The highest BCUT2D eigenvalue weighted by Crippen LogP contribution is 2.38. The number of ether oxygens (including phenoxy) is 1. The molecule has 0 radical (unpaired) electrons. The van der Waals surface area contributed by atoms with Crippen molar-refractivity contribution in [1.29, 1.82) is 0 Å². The molecular weight excluding hydrogens is 466 g/mol. The molecule has 1 aromatic heterocycles. The van der Waals surface area contributed by atoms with Gasteiger partial charge in [0.25, 0.3) is 0 Å². The molecular formula is C29H41N5O3. The van der Waals surface area contributed by atoms with Gasteiger partial charge >= 0.3 is 0 Å². The number of likely N-dealkylation sites (tertiary alicyclic amines) is 2. The van der Waals surface area contributed by atoms with Crippen molar-refractivity contribution in [3.63, 3.8) is 0 Å². The number of para-hydroxylation sites is 1. The summed E-state index contributed by atoms with van der Waals surface area (Å²) >= 11 is 0. The van der Waals surface area contributed by atoms with E-state index < -0.39 is 0 Å². The van der Waals surface area contributed by atoms with Crippen molar-refractivity contribution in [2.75, 3.05) is 45.9 Å². The first kappa shape index (κ1) is 25.8. The quantitative estimate of drug-likeness (QED) is 0.664. The van der Waals surface area contributed by atoms with E-state index in [9.17, 15) is 9.59 Å². The van der Waals surface area contributed by atoms with Gasteiger partial charge in [-0.25, -0.2) is 0 Å². The summed E-state index contributed by atoms with van der Waals surface area (Å²) in [6.45, 7) is 6.73. The van der Waals surface area contributed by atoms with Crippen LogP contribution in [0, 0.1) is 12.3 Å². The third-order valence-electron chi connectivity index (χ3n) is 8.75. The van der Waals surface area contributed by atoms with Gasteiger partial charge in [-0.15, -0.1) is 0 Å². The van der Waals surface area contributed by atoms with Crippen LogP contribution in [0.3, 0.4) is 0 Å². The lowest BCUT2D eigenvalue weighted by Crippen LogP contribution is -2.52. The first-order valence-corrected chi connectivity index (χ1v) is 14.0. The maximum atomic E-state index is 13.3. The standard InChI is InChI=1S/C29H41N5O3/c1-22-20-31-32-27(22)24-9-15-34(16-10-24)26(35)21-33-17-12-29(13-18-33)11-5-4-7-23-6-2-3-8-25(23)37-19-14-30-28(29)36/h2-3,6,8,20,24H,4-5,7,9-19,21H2,1H3,(H,30,36)(H,31,32). The fourth-order valence-corrected chi connectivity index (χ4v) is 6.35. The highest BCUT2D eigenvalue weighted by atomic mass is 16.5. The monoisotopic (exact) mass is 507 g/mol. The van der Waals surface area contributed by atoms with E-state index in [-0.39, 0.29) is 17.2 Å². The largest absolute Gasteiger partial charge is 0.491 e. The Balaban J connectivity index is 1.12. The number of fused-ring (bicyclic) bond motifs is 1. The smallest absolute Gasteiger partial charge is 0.236 e. The lowest BCUT2D eigenvalue weighted by atomic mass is 9.73. The van der Waals surface area contributed by atoms with Crippen LogP contribution in [-0.2, 0) is 16.0 Å². The first-order valence-electron chi connectivity index (χ1n) is 14.0.